The molecular weight excluding hydrogens is 234 g/mol. The average molecular weight is 253 g/mol. The highest BCUT2D eigenvalue weighted by atomic mass is 32.2. The molecule has 0 fully saturated rings. The van der Waals surface area contributed by atoms with Gasteiger partial charge in [-0.15, -0.1) is 0 Å². The summed E-state index contributed by atoms with van der Waals surface area (Å²) in [6.45, 7) is 4.14. The lowest BCUT2D eigenvalue weighted by molar-refractivity contribution is 0.0934. The number of nitrogens with two attached hydrogens (primary N) is 1. The molecule has 0 spiro atoms. The minimum atomic E-state index is -0.140. The molecule has 0 radical (unpaired) electrons. The van der Waals surface area contributed by atoms with E-state index in [4.69, 9.17) is 5.73 Å². The fraction of sp³-hybridized carbons (Fsp3) is 0.500. The number of carbonyl (C=O) groups excluding carboxylic acids is 1. The van der Waals surface area contributed by atoms with Crippen LogP contribution in [0.5, 0.6) is 0 Å². The molecule has 4 nitrogen and oxygen atoms in total. The van der Waals surface area contributed by atoms with E-state index in [-0.39, 0.29) is 11.9 Å². The number of nitrogens with one attached hydrogen (secondary N) is 1. The minimum absolute atomic E-state index is 0.140. The van der Waals surface area contributed by atoms with E-state index >= 15 is 0 Å². The van der Waals surface area contributed by atoms with Crippen LogP contribution in [-0.2, 0) is 0 Å². The third-order valence-corrected chi connectivity index (χ3v) is 3.23. The molecule has 1 atom stereocenters. The second-order valence-electron chi connectivity index (χ2n) is 3.84. The van der Waals surface area contributed by atoms with Gasteiger partial charge in [-0.3, -0.25) is 4.79 Å². The maximum absolute atomic E-state index is 11.8. The number of thioether (sulfide) groups is 1. The molecular formula is C12H19N3OS. The van der Waals surface area contributed by atoms with Gasteiger partial charge in [0.15, 0.2) is 0 Å². The summed E-state index contributed by atoms with van der Waals surface area (Å²) in [7, 11) is 0. The van der Waals surface area contributed by atoms with Crippen LogP contribution in [0.4, 0.5) is 5.69 Å². The summed E-state index contributed by atoms with van der Waals surface area (Å²) in [6.07, 6.45) is 2.46. The van der Waals surface area contributed by atoms with Gasteiger partial charge in [0.05, 0.1) is 11.9 Å². The van der Waals surface area contributed by atoms with Crippen molar-refractivity contribution in [1.29, 1.82) is 0 Å². The molecule has 0 aromatic carbocycles. The molecule has 0 saturated carbocycles. The number of anilines is 1. The van der Waals surface area contributed by atoms with Crippen LogP contribution in [0, 0.1) is 0 Å². The summed E-state index contributed by atoms with van der Waals surface area (Å²) in [5.74, 6) is 2.03. The smallest absolute Gasteiger partial charge is 0.270 e. The summed E-state index contributed by atoms with van der Waals surface area (Å²) < 4.78 is 0. The standard InChI is InChI=1S/C12H19N3OS/c1-3-17-7-6-9(2)15-12(16)11-5-4-10(13)8-14-11/h4-5,8-9H,3,6-7,13H2,1-2H3,(H,15,16). The highest BCUT2D eigenvalue weighted by Crippen LogP contribution is 2.05. The number of rotatable bonds is 6. The van der Waals surface area contributed by atoms with Gasteiger partial charge in [-0.25, -0.2) is 4.98 Å². The minimum Gasteiger partial charge on any atom is -0.397 e. The highest BCUT2D eigenvalue weighted by molar-refractivity contribution is 7.99. The topological polar surface area (TPSA) is 68.0 Å². The largest absolute Gasteiger partial charge is 0.397 e. The van der Waals surface area contributed by atoms with Crippen LogP contribution in [-0.4, -0.2) is 28.4 Å². The Labute approximate surface area is 106 Å². The lowest BCUT2D eigenvalue weighted by Crippen LogP contribution is -2.33. The summed E-state index contributed by atoms with van der Waals surface area (Å²) in [6, 6.07) is 3.48. The zero-order valence-corrected chi connectivity index (χ0v) is 11.1. The molecule has 17 heavy (non-hydrogen) atoms. The van der Waals surface area contributed by atoms with Crippen LogP contribution < -0.4 is 11.1 Å². The predicted octanol–water partition coefficient (Wildman–Crippen LogP) is 1.93. The number of hydrogen-bond acceptors (Lipinski definition) is 4. The van der Waals surface area contributed by atoms with E-state index in [2.05, 4.69) is 17.2 Å². The first kappa shape index (κ1) is 13.8. The van der Waals surface area contributed by atoms with Crippen LogP contribution in [0.25, 0.3) is 0 Å². The third-order valence-electron chi connectivity index (χ3n) is 2.30. The van der Waals surface area contributed by atoms with Crippen LogP contribution in [0.3, 0.4) is 0 Å². The number of pyridine rings is 1. The zero-order valence-electron chi connectivity index (χ0n) is 10.3. The van der Waals surface area contributed by atoms with Crippen molar-refractivity contribution in [3.8, 4) is 0 Å². The van der Waals surface area contributed by atoms with Gasteiger partial charge in [0.25, 0.3) is 5.91 Å². The van der Waals surface area contributed by atoms with Gasteiger partial charge in [-0.1, -0.05) is 6.92 Å². The van der Waals surface area contributed by atoms with Gasteiger partial charge in [0.2, 0.25) is 0 Å². The molecule has 0 saturated heterocycles. The Morgan fingerprint density at radius 1 is 1.59 bits per heavy atom. The van der Waals surface area contributed by atoms with E-state index in [1.54, 1.807) is 12.1 Å². The maximum Gasteiger partial charge on any atom is 0.270 e. The highest BCUT2D eigenvalue weighted by Gasteiger charge is 2.10. The monoisotopic (exact) mass is 253 g/mol. The fourth-order valence-corrected chi connectivity index (χ4v) is 2.12. The van der Waals surface area contributed by atoms with Gasteiger partial charge in [0.1, 0.15) is 5.69 Å². The van der Waals surface area contributed by atoms with Crippen molar-refractivity contribution in [1.82, 2.24) is 10.3 Å². The van der Waals surface area contributed by atoms with E-state index in [0.29, 0.717) is 11.4 Å². The average Bonchev–Trinajstić information content (AvgIpc) is 2.30. The molecule has 1 aromatic heterocycles. The Kier molecular flexibility index (Phi) is 5.83. The van der Waals surface area contributed by atoms with Gasteiger partial charge in [0, 0.05) is 6.04 Å². The number of carbonyl (C=O) groups is 1. The summed E-state index contributed by atoms with van der Waals surface area (Å²) in [5.41, 5.74) is 6.49. The van der Waals surface area contributed by atoms with Crippen LogP contribution >= 0.6 is 11.8 Å². The second kappa shape index (κ2) is 7.17. The molecule has 3 N–H and O–H groups in total. The van der Waals surface area contributed by atoms with E-state index in [1.807, 2.05) is 18.7 Å². The molecule has 94 valence electrons. The van der Waals surface area contributed by atoms with Crippen LogP contribution in [0.2, 0.25) is 0 Å². The van der Waals surface area contributed by atoms with E-state index < -0.39 is 0 Å². The van der Waals surface area contributed by atoms with Crippen molar-refractivity contribution < 1.29 is 4.79 Å². The quantitative estimate of drug-likeness (QED) is 0.760. The first-order chi connectivity index (χ1) is 8.13. The first-order valence-corrected chi connectivity index (χ1v) is 6.89. The Balaban J connectivity index is 2.40. The van der Waals surface area contributed by atoms with Crippen molar-refractivity contribution in [2.24, 2.45) is 0 Å². The van der Waals surface area contributed by atoms with E-state index in [0.717, 1.165) is 17.9 Å². The van der Waals surface area contributed by atoms with Crippen molar-refractivity contribution in [3.63, 3.8) is 0 Å². The lowest BCUT2D eigenvalue weighted by Gasteiger charge is -2.12. The van der Waals surface area contributed by atoms with Crippen molar-refractivity contribution in [3.05, 3.63) is 24.0 Å². The Morgan fingerprint density at radius 3 is 2.94 bits per heavy atom. The van der Waals surface area contributed by atoms with E-state index in [9.17, 15) is 4.79 Å². The van der Waals surface area contributed by atoms with Crippen LogP contribution in [0.1, 0.15) is 30.8 Å². The SMILES string of the molecule is CCSCCC(C)NC(=O)c1ccc(N)cn1. The molecule has 0 aliphatic heterocycles. The fourth-order valence-electron chi connectivity index (χ4n) is 1.31. The number of aromatic nitrogens is 1. The van der Waals surface area contributed by atoms with Crippen molar-refractivity contribution >= 4 is 23.4 Å². The molecule has 0 aliphatic rings. The molecule has 0 bridgehead atoms. The molecule has 1 aromatic rings. The predicted molar refractivity (Wildman–Crippen MR) is 73.2 cm³/mol. The normalized spacial score (nSPS) is 12.1. The van der Waals surface area contributed by atoms with Gasteiger partial charge in [-0.2, -0.15) is 11.8 Å². The van der Waals surface area contributed by atoms with Crippen LogP contribution in [0.15, 0.2) is 18.3 Å². The van der Waals surface area contributed by atoms with Gasteiger partial charge in [-0.05, 0) is 37.0 Å². The molecule has 5 heteroatoms. The molecule has 1 rings (SSSR count). The van der Waals surface area contributed by atoms with E-state index in [1.165, 1.54) is 6.20 Å². The zero-order chi connectivity index (χ0) is 12.7. The summed E-state index contributed by atoms with van der Waals surface area (Å²) in [4.78, 5) is 15.8. The first-order valence-electron chi connectivity index (χ1n) is 5.73. The maximum atomic E-state index is 11.8. The second-order valence-corrected chi connectivity index (χ2v) is 5.23. The Hall–Kier alpha value is -1.23. The third kappa shape index (κ3) is 5.08. The summed E-state index contributed by atoms with van der Waals surface area (Å²) >= 11 is 1.88. The molecule has 0 aliphatic carbocycles. The Bertz CT molecular complexity index is 353. The molecule has 1 amide bonds. The van der Waals surface area contributed by atoms with Gasteiger partial charge >= 0.3 is 0 Å². The Morgan fingerprint density at radius 2 is 2.35 bits per heavy atom. The van der Waals surface area contributed by atoms with Gasteiger partial charge < -0.3 is 11.1 Å². The number of hydrogen-bond donors (Lipinski definition) is 2. The molecule has 1 heterocycles. The lowest BCUT2D eigenvalue weighted by atomic mass is 10.2. The van der Waals surface area contributed by atoms with Crippen molar-refractivity contribution in [2.45, 2.75) is 26.3 Å². The summed E-state index contributed by atoms with van der Waals surface area (Å²) in [5, 5.41) is 2.92. The van der Waals surface area contributed by atoms with Crippen molar-refractivity contribution in [2.75, 3.05) is 17.2 Å². The molecule has 1 unspecified atom stereocenters. The number of nitrogens with zero attached hydrogens (tertiary/aromatic N) is 1. The number of nitrogen functional groups attached to an aromatic ring is 1. The number of amides is 1.